The topological polar surface area (TPSA) is 34.1 Å². The van der Waals surface area contributed by atoms with Gasteiger partial charge in [-0.1, -0.05) is 26.7 Å². The molecule has 2 rings (SSSR count). The van der Waals surface area contributed by atoms with Gasteiger partial charge < -0.3 is 10.1 Å². The van der Waals surface area contributed by atoms with E-state index in [2.05, 4.69) is 24.1 Å². The zero-order valence-corrected chi connectivity index (χ0v) is 11.5. The van der Waals surface area contributed by atoms with E-state index in [1.54, 1.807) is 0 Å². The van der Waals surface area contributed by atoms with Crippen LogP contribution in [0.2, 0.25) is 0 Å². The minimum atomic E-state index is 0.481. The van der Waals surface area contributed by atoms with Gasteiger partial charge in [-0.2, -0.15) is 0 Å². The SMILES string of the molecule is CC(C)NCc1cc(OCC2CCCC2)ccn1. The van der Waals surface area contributed by atoms with E-state index in [0.717, 1.165) is 30.5 Å². The van der Waals surface area contributed by atoms with Gasteiger partial charge in [-0.05, 0) is 24.8 Å². The van der Waals surface area contributed by atoms with Gasteiger partial charge in [0.2, 0.25) is 0 Å². The molecule has 1 aliphatic carbocycles. The number of rotatable bonds is 6. The van der Waals surface area contributed by atoms with E-state index in [1.165, 1.54) is 25.7 Å². The van der Waals surface area contributed by atoms with Crippen LogP contribution in [0.5, 0.6) is 5.75 Å². The first kappa shape index (κ1) is 13.3. The van der Waals surface area contributed by atoms with Crippen LogP contribution in [0.3, 0.4) is 0 Å². The summed E-state index contributed by atoms with van der Waals surface area (Å²) in [7, 11) is 0. The molecule has 0 bridgehead atoms. The lowest BCUT2D eigenvalue weighted by Crippen LogP contribution is -2.22. The monoisotopic (exact) mass is 248 g/mol. The van der Waals surface area contributed by atoms with Crippen molar-refractivity contribution < 1.29 is 4.74 Å². The summed E-state index contributed by atoms with van der Waals surface area (Å²) in [6, 6.07) is 4.48. The van der Waals surface area contributed by atoms with Crippen LogP contribution in [0.1, 0.15) is 45.2 Å². The van der Waals surface area contributed by atoms with Crippen LogP contribution in [0.4, 0.5) is 0 Å². The second-order valence-corrected chi connectivity index (χ2v) is 5.48. The highest BCUT2D eigenvalue weighted by molar-refractivity contribution is 5.22. The van der Waals surface area contributed by atoms with Gasteiger partial charge in [-0.3, -0.25) is 4.98 Å². The van der Waals surface area contributed by atoms with Crippen LogP contribution in [-0.4, -0.2) is 17.6 Å². The number of hydrogen-bond donors (Lipinski definition) is 1. The molecule has 1 saturated carbocycles. The maximum Gasteiger partial charge on any atom is 0.122 e. The van der Waals surface area contributed by atoms with Crippen LogP contribution in [0.25, 0.3) is 0 Å². The fraction of sp³-hybridized carbons (Fsp3) is 0.667. The lowest BCUT2D eigenvalue weighted by atomic mass is 10.1. The molecule has 100 valence electrons. The largest absolute Gasteiger partial charge is 0.493 e. The Hall–Kier alpha value is -1.09. The number of nitrogens with zero attached hydrogens (tertiary/aromatic N) is 1. The molecule has 3 nitrogen and oxygen atoms in total. The quantitative estimate of drug-likeness (QED) is 0.839. The molecule has 1 heterocycles. The predicted octanol–water partition coefficient (Wildman–Crippen LogP) is 3.15. The summed E-state index contributed by atoms with van der Waals surface area (Å²) in [5, 5.41) is 3.37. The van der Waals surface area contributed by atoms with Crippen molar-refractivity contribution in [1.29, 1.82) is 0 Å². The second-order valence-electron chi connectivity index (χ2n) is 5.48. The maximum absolute atomic E-state index is 5.87. The Morgan fingerprint density at radius 2 is 2.17 bits per heavy atom. The first-order valence-corrected chi connectivity index (χ1v) is 7.05. The van der Waals surface area contributed by atoms with Crippen molar-refractivity contribution >= 4 is 0 Å². The molecular weight excluding hydrogens is 224 g/mol. The van der Waals surface area contributed by atoms with Gasteiger partial charge in [-0.25, -0.2) is 0 Å². The average Bonchev–Trinajstić information content (AvgIpc) is 2.87. The van der Waals surface area contributed by atoms with Crippen LogP contribution in [0, 0.1) is 5.92 Å². The smallest absolute Gasteiger partial charge is 0.122 e. The van der Waals surface area contributed by atoms with Gasteiger partial charge in [0.25, 0.3) is 0 Å². The summed E-state index contributed by atoms with van der Waals surface area (Å²) in [6.07, 6.45) is 7.23. The van der Waals surface area contributed by atoms with E-state index in [0.29, 0.717) is 6.04 Å². The van der Waals surface area contributed by atoms with E-state index in [9.17, 15) is 0 Å². The Balaban J connectivity index is 1.82. The molecule has 0 unspecified atom stereocenters. The van der Waals surface area contributed by atoms with E-state index in [-0.39, 0.29) is 0 Å². The zero-order chi connectivity index (χ0) is 12.8. The molecule has 0 aliphatic heterocycles. The molecule has 0 radical (unpaired) electrons. The highest BCUT2D eigenvalue weighted by Gasteiger charge is 2.15. The lowest BCUT2D eigenvalue weighted by Gasteiger charge is -2.12. The predicted molar refractivity (Wildman–Crippen MR) is 73.7 cm³/mol. The Morgan fingerprint density at radius 1 is 1.39 bits per heavy atom. The molecule has 1 aromatic heterocycles. The molecule has 1 N–H and O–H groups in total. The molecular formula is C15H24N2O. The van der Waals surface area contributed by atoms with Gasteiger partial charge in [0, 0.05) is 24.8 Å². The van der Waals surface area contributed by atoms with Gasteiger partial charge >= 0.3 is 0 Å². The summed E-state index contributed by atoms with van der Waals surface area (Å²) in [5.41, 5.74) is 1.05. The number of aromatic nitrogens is 1. The number of pyridine rings is 1. The van der Waals surface area contributed by atoms with Crippen molar-refractivity contribution in [2.45, 2.75) is 52.1 Å². The van der Waals surface area contributed by atoms with Gasteiger partial charge in [-0.15, -0.1) is 0 Å². The van der Waals surface area contributed by atoms with Crippen molar-refractivity contribution in [1.82, 2.24) is 10.3 Å². The molecule has 0 amide bonds. The summed E-state index contributed by atoms with van der Waals surface area (Å²) < 4.78 is 5.87. The van der Waals surface area contributed by atoms with Crippen molar-refractivity contribution in [2.24, 2.45) is 5.92 Å². The van der Waals surface area contributed by atoms with E-state index >= 15 is 0 Å². The minimum Gasteiger partial charge on any atom is -0.493 e. The summed E-state index contributed by atoms with van der Waals surface area (Å²) in [5.74, 6) is 1.72. The molecule has 0 atom stereocenters. The maximum atomic E-state index is 5.87. The van der Waals surface area contributed by atoms with Gasteiger partial charge in [0.15, 0.2) is 0 Å². The van der Waals surface area contributed by atoms with Crippen molar-refractivity contribution in [3.8, 4) is 5.75 Å². The fourth-order valence-electron chi connectivity index (χ4n) is 2.34. The zero-order valence-electron chi connectivity index (χ0n) is 11.5. The molecule has 0 saturated heterocycles. The molecule has 0 aromatic carbocycles. The standard InChI is InChI=1S/C15H24N2O/c1-12(2)17-10-14-9-15(7-8-16-14)18-11-13-5-3-4-6-13/h7-9,12-13,17H,3-6,10-11H2,1-2H3. The Bertz CT molecular complexity index is 359. The Morgan fingerprint density at radius 3 is 2.89 bits per heavy atom. The van der Waals surface area contributed by atoms with Gasteiger partial charge in [0.05, 0.1) is 12.3 Å². The highest BCUT2D eigenvalue weighted by Crippen LogP contribution is 2.25. The Labute approximate surface area is 110 Å². The third-order valence-corrected chi connectivity index (χ3v) is 3.44. The normalized spacial score (nSPS) is 16.4. The number of ether oxygens (including phenoxy) is 1. The lowest BCUT2D eigenvalue weighted by molar-refractivity contribution is 0.251. The molecule has 1 aliphatic rings. The van der Waals surface area contributed by atoms with E-state index < -0.39 is 0 Å². The second kappa shape index (κ2) is 6.74. The summed E-state index contributed by atoms with van der Waals surface area (Å²) >= 11 is 0. The highest BCUT2D eigenvalue weighted by atomic mass is 16.5. The fourth-order valence-corrected chi connectivity index (χ4v) is 2.34. The Kier molecular flexibility index (Phi) is 5.00. The van der Waals surface area contributed by atoms with E-state index in [4.69, 9.17) is 4.74 Å². The summed E-state index contributed by atoms with van der Waals surface area (Å²) in [6.45, 7) is 5.94. The van der Waals surface area contributed by atoms with Crippen molar-refractivity contribution in [3.63, 3.8) is 0 Å². The van der Waals surface area contributed by atoms with E-state index in [1.807, 2.05) is 18.3 Å². The summed E-state index contributed by atoms with van der Waals surface area (Å²) in [4.78, 5) is 4.35. The van der Waals surface area contributed by atoms with Crippen LogP contribution >= 0.6 is 0 Å². The van der Waals surface area contributed by atoms with Crippen molar-refractivity contribution in [3.05, 3.63) is 24.0 Å². The molecule has 3 heteroatoms. The first-order valence-electron chi connectivity index (χ1n) is 7.05. The molecule has 0 spiro atoms. The van der Waals surface area contributed by atoms with Gasteiger partial charge in [0.1, 0.15) is 5.75 Å². The third kappa shape index (κ3) is 4.30. The molecule has 1 aromatic rings. The molecule has 18 heavy (non-hydrogen) atoms. The third-order valence-electron chi connectivity index (χ3n) is 3.44. The minimum absolute atomic E-state index is 0.481. The van der Waals surface area contributed by atoms with Crippen LogP contribution in [-0.2, 0) is 6.54 Å². The van der Waals surface area contributed by atoms with Crippen molar-refractivity contribution in [2.75, 3.05) is 6.61 Å². The van der Waals surface area contributed by atoms with Crippen LogP contribution < -0.4 is 10.1 Å². The average molecular weight is 248 g/mol. The van der Waals surface area contributed by atoms with Crippen LogP contribution in [0.15, 0.2) is 18.3 Å². The number of hydrogen-bond acceptors (Lipinski definition) is 3. The molecule has 1 fully saturated rings. The number of nitrogens with one attached hydrogen (secondary N) is 1. The first-order chi connectivity index (χ1) is 8.74.